The van der Waals surface area contributed by atoms with Crippen LogP contribution in [0.1, 0.15) is 43.0 Å². The minimum Gasteiger partial charge on any atom is -0.352 e. The first kappa shape index (κ1) is 18.7. The van der Waals surface area contributed by atoms with Crippen LogP contribution in [0.5, 0.6) is 0 Å². The molecular weight excluding hydrogens is 312 g/mol. The van der Waals surface area contributed by atoms with Gasteiger partial charge < -0.3 is 10.2 Å². The molecule has 2 aromatic rings. The van der Waals surface area contributed by atoms with Crippen molar-refractivity contribution in [2.24, 2.45) is 0 Å². The van der Waals surface area contributed by atoms with Gasteiger partial charge in [-0.2, -0.15) is 0 Å². The van der Waals surface area contributed by atoms with Crippen LogP contribution in [0.25, 0.3) is 0 Å². The number of carbonyl (C=O) groups excluding carboxylic acids is 2. The Kier molecular flexibility index (Phi) is 6.75. The van der Waals surface area contributed by atoms with Gasteiger partial charge in [0.15, 0.2) is 0 Å². The molecule has 1 unspecified atom stereocenters. The molecule has 4 nitrogen and oxygen atoms in total. The lowest BCUT2D eigenvalue weighted by molar-refractivity contribution is -0.131. The third kappa shape index (κ3) is 5.75. The van der Waals surface area contributed by atoms with Gasteiger partial charge in [0.25, 0.3) is 0 Å². The lowest BCUT2D eigenvalue weighted by atomic mass is 10.1. The second-order valence-electron chi connectivity index (χ2n) is 6.31. The van der Waals surface area contributed by atoms with Crippen LogP contribution in [0.2, 0.25) is 0 Å². The number of nitrogens with zero attached hydrogens (tertiary/aromatic N) is 1. The minimum absolute atomic E-state index is 0.0253. The molecular formula is C21H26N2O2. The van der Waals surface area contributed by atoms with E-state index in [1.165, 1.54) is 5.56 Å². The number of rotatable bonds is 7. The highest BCUT2D eigenvalue weighted by Crippen LogP contribution is 2.20. The largest absolute Gasteiger partial charge is 0.352 e. The van der Waals surface area contributed by atoms with Crippen molar-refractivity contribution >= 4 is 11.8 Å². The van der Waals surface area contributed by atoms with Crippen molar-refractivity contribution in [2.75, 3.05) is 6.54 Å². The average molecular weight is 338 g/mol. The SMILES string of the molecule is CC(=O)N(CCC(=O)NCc1ccc(C)cc1)C(C)c1ccccc1. The molecule has 0 aliphatic rings. The van der Waals surface area contributed by atoms with Gasteiger partial charge in [-0.25, -0.2) is 0 Å². The average Bonchev–Trinajstić information content (AvgIpc) is 2.61. The first-order chi connectivity index (χ1) is 12.0. The van der Waals surface area contributed by atoms with E-state index in [1.54, 1.807) is 11.8 Å². The predicted octanol–water partition coefficient (Wildman–Crippen LogP) is 3.61. The van der Waals surface area contributed by atoms with Gasteiger partial charge >= 0.3 is 0 Å². The second kappa shape index (κ2) is 9.02. The lowest BCUT2D eigenvalue weighted by Crippen LogP contribution is -2.35. The standard InChI is InChI=1S/C21H26N2O2/c1-16-9-11-19(12-10-16)15-22-21(25)13-14-23(18(3)24)17(2)20-7-5-4-6-8-20/h4-12,17H,13-15H2,1-3H3,(H,22,25). The molecule has 1 N–H and O–H groups in total. The van der Waals surface area contributed by atoms with E-state index in [9.17, 15) is 9.59 Å². The summed E-state index contributed by atoms with van der Waals surface area (Å²) in [5, 5.41) is 2.91. The highest BCUT2D eigenvalue weighted by atomic mass is 16.2. The van der Waals surface area contributed by atoms with Crippen LogP contribution in [0.15, 0.2) is 54.6 Å². The van der Waals surface area contributed by atoms with Crippen LogP contribution < -0.4 is 5.32 Å². The van der Waals surface area contributed by atoms with E-state index < -0.39 is 0 Å². The van der Waals surface area contributed by atoms with Gasteiger partial charge in [-0.1, -0.05) is 60.2 Å². The van der Waals surface area contributed by atoms with Crippen molar-refractivity contribution in [3.8, 4) is 0 Å². The molecule has 0 heterocycles. The fourth-order valence-corrected chi connectivity index (χ4v) is 2.75. The van der Waals surface area contributed by atoms with Gasteiger partial charge in [-0.05, 0) is 25.0 Å². The van der Waals surface area contributed by atoms with E-state index in [-0.39, 0.29) is 17.9 Å². The van der Waals surface area contributed by atoms with Crippen LogP contribution in [-0.4, -0.2) is 23.3 Å². The Morgan fingerprint density at radius 2 is 1.68 bits per heavy atom. The predicted molar refractivity (Wildman–Crippen MR) is 99.9 cm³/mol. The van der Waals surface area contributed by atoms with Crippen molar-refractivity contribution in [2.45, 2.75) is 39.8 Å². The van der Waals surface area contributed by atoms with Crippen molar-refractivity contribution < 1.29 is 9.59 Å². The Labute approximate surface area is 149 Å². The summed E-state index contributed by atoms with van der Waals surface area (Å²) in [5.41, 5.74) is 3.33. The third-order valence-corrected chi connectivity index (χ3v) is 4.34. The fourth-order valence-electron chi connectivity index (χ4n) is 2.75. The molecule has 0 radical (unpaired) electrons. The maximum absolute atomic E-state index is 12.1. The minimum atomic E-state index is -0.0522. The van der Waals surface area contributed by atoms with Crippen LogP contribution in [-0.2, 0) is 16.1 Å². The topological polar surface area (TPSA) is 49.4 Å². The lowest BCUT2D eigenvalue weighted by Gasteiger charge is -2.28. The molecule has 1 atom stereocenters. The molecule has 25 heavy (non-hydrogen) atoms. The van der Waals surface area contributed by atoms with Crippen LogP contribution >= 0.6 is 0 Å². The van der Waals surface area contributed by atoms with Gasteiger partial charge in [0.2, 0.25) is 11.8 Å². The fraction of sp³-hybridized carbons (Fsp3) is 0.333. The van der Waals surface area contributed by atoms with E-state index in [0.29, 0.717) is 19.5 Å². The summed E-state index contributed by atoms with van der Waals surface area (Å²) in [7, 11) is 0. The number of benzene rings is 2. The highest BCUT2D eigenvalue weighted by Gasteiger charge is 2.19. The summed E-state index contributed by atoms with van der Waals surface area (Å²) in [4.78, 5) is 25.8. The van der Waals surface area contributed by atoms with Crippen LogP contribution in [0.3, 0.4) is 0 Å². The van der Waals surface area contributed by atoms with E-state index in [2.05, 4.69) is 5.32 Å². The van der Waals surface area contributed by atoms with Crippen molar-refractivity contribution in [3.05, 3.63) is 71.3 Å². The van der Waals surface area contributed by atoms with Crippen molar-refractivity contribution in [1.29, 1.82) is 0 Å². The number of nitrogens with one attached hydrogen (secondary N) is 1. The molecule has 0 spiro atoms. The molecule has 0 fully saturated rings. The summed E-state index contributed by atoms with van der Waals surface area (Å²) in [5.74, 6) is -0.0743. The first-order valence-corrected chi connectivity index (χ1v) is 8.62. The Morgan fingerprint density at radius 3 is 2.28 bits per heavy atom. The monoisotopic (exact) mass is 338 g/mol. The molecule has 132 valence electrons. The second-order valence-corrected chi connectivity index (χ2v) is 6.31. The zero-order chi connectivity index (χ0) is 18.2. The van der Waals surface area contributed by atoms with Crippen LogP contribution in [0.4, 0.5) is 0 Å². The summed E-state index contributed by atoms with van der Waals surface area (Å²) in [6, 6.07) is 17.9. The maximum Gasteiger partial charge on any atom is 0.222 e. The molecule has 2 rings (SSSR count). The molecule has 0 saturated carbocycles. The van der Waals surface area contributed by atoms with Crippen molar-refractivity contribution in [1.82, 2.24) is 10.2 Å². The molecule has 0 aliphatic carbocycles. The molecule has 2 aromatic carbocycles. The number of aryl methyl sites for hydroxylation is 1. The van der Waals surface area contributed by atoms with Gasteiger partial charge in [-0.15, -0.1) is 0 Å². The maximum atomic E-state index is 12.1. The summed E-state index contributed by atoms with van der Waals surface area (Å²) >= 11 is 0. The van der Waals surface area contributed by atoms with E-state index in [4.69, 9.17) is 0 Å². The third-order valence-electron chi connectivity index (χ3n) is 4.34. The number of amides is 2. The number of carbonyl (C=O) groups is 2. The smallest absolute Gasteiger partial charge is 0.222 e. The zero-order valence-electron chi connectivity index (χ0n) is 15.2. The Hall–Kier alpha value is -2.62. The molecule has 4 heteroatoms. The van der Waals surface area contributed by atoms with E-state index in [1.807, 2.05) is 68.4 Å². The molecule has 0 aromatic heterocycles. The zero-order valence-corrected chi connectivity index (χ0v) is 15.2. The van der Waals surface area contributed by atoms with Gasteiger partial charge in [0, 0.05) is 26.4 Å². The van der Waals surface area contributed by atoms with E-state index in [0.717, 1.165) is 11.1 Å². The Balaban J connectivity index is 1.86. The summed E-state index contributed by atoms with van der Waals surface area (Å²) in [6.07, 6.45) is 0.294. The molecule has 0 saturated heterocycles. The highest BCUT2D eigenvalue weighted by molar-refractivity contribution is 5.78. The van der Waals surface area contributed by atoms with Crippen LogP contribution in [0, 0.1) is 6.92 Å². The molecule has 0 aliphatic heterocycles. The number of hydrogen-bond donors (Lipinski definition) is 1. The van der Waals surface area contributed by atoms with Crippen molar-refractivity contribution in [3.63, 3.8) is 0 Å². The van der Waals surface area contributed by atoms with Gasteiger partial charge in [0.1, 0.15) is 0 Å². The Bertz CT molecular complexity index is 696. The molecule has 0 bridgehead atoms. The van der Waals surface area contributed by atoms with E-state index >= 15 is 0 Å². The van der Waals surface area contributed by atoms with Gasteiger partial charge in [0.05, 0.1) is 6.04 Å². The van der Waals surface area contributed by atoms with Gasteiger partial charge in [-0.3, -0.25) is 9.59 Å². The normalized spacial score (nSPS) is 11.6. The Morgan fingerprint density at radius 1 is 1.04 bits per heavy atom. The summed E-state index contributed by atoms with van der Waals surface area (Å²) in [6.45, 7) is 6.48. The number of hydrogen-bond acceptors (Lipinski definition) is 2. The molecule has 2 amide bonds. The first-order valence-electron chi connectivity index (χ1n) is 8.62. The quantitative estimate of drug-likeness (QED) is 0.838. The summed E-state index contributed by atoms with van der Waals surface area (Å²) < 4.78 is 0.